The van der Waals surface area contributed by atoms with Crippen LogP contribution in [0.15, 0.2) is 30.3 Å². The van der Waals surface area contributed by atoms with Crippen molar-refractivity contribution < 1.29 is 0 Å². The van der Waals surface area contributed by atoms with E-state index in [4.69, 9.17) is 4.98 Å². The maximum atomic E-state index is 5.04. The summed E-state index contributed by atoms with van der Waals surface area (Å²) in [5, 5.41) is 0. The number of para-hydroxylation sites is 1. The molecule has 0 saturated carbocycles. The number of aromatic nitrogens is 1. The Bertz CT molecular complexity index is 854. The molecule has 154 valence electrons. The van der Waals surface area contributed by atoms with Crippen molar-refractivity contribution in [2.75, 3.05) is 50.7 Å². The average molecular weight is 391 g/mol. The van der Waals surface area contributed by atoms with Crippen LogP contribution in [0, 0.1) is 6.92 Å². The Morgan fingerprint density at radius 2 is 1.55 bits per heavy atom. The van der Waals surface area contributed by atoms with Gasteiger partial charge in [-0.2, -0.15) is 0 Å². The Hall–Kier alpha value is -1.91. The van der Waals surface area contributed by atoms with Gasteiger partial charge in [0, 0.05) is 75.9 Å². The van der Waals surface area contributed by atoms with Crippen LogP contribution in [0.4, 0.5) is 5.69 Å². The largest absolute Gasteiger partial charge is 0.369 e. The van der Waals surface area contributed by atoms with Crippen molar-refractivity contribution in [3.05, 3.63) is 58.4 Å². The van der Waals surface area contributed by atoms with Gasteiger partial charge in [0.05, 0.1) is 0 Å². The van der Waals surface area contributed by atoms with Crippen LogP contribution in [0.5, 0.6) is 0 Å². The van der Waals surface area contributed by atoms with Crippen molar-refractivity contribution in [2.45, 2.75) is 45.6 Å². The van der Waals surface area contributed by atoms with E-state index in [2.05, 4.69) is 52.0 Å². The van der Waals surface area contributed by atoms with Crippen molar-refractivity contribution in [1.82, 2.24) is 14.8 Å². The fourth-order valence-corrected chi connectivity index (χ4v) is 5.27. The van der Waals surface area contributed by atoms with Gasteiger partial charge in [0.1, 0.15) is 0 Å². The minimum absolute atomic E-state index is 1.10. The molecule has 5 rings (SSSR count). The fraction of sp³-hybridized carbons (Fsp3) is 0.560. The summed E-state index contributed by atoms with van der Waals surface area (Å²) in [5.41, 5.74) is 8.62. The highest BCUT2D eigenvalue weighted by molar-refractivity contribution is 5.53. The number of fused-ring (bicyclic) bond motifs is 2. The molecule has 3 heterocycles. The van der Waals surface area contributed by atoms with Crippen LogP contribution in [-0.4, -0.2) is 60.6 Å². The van der Waals surface area contributed by atoms with Gasteiger partial charge < -0.3 is 4.90 Å². The first-order valence-electron chi connectivity index (χ1n) is 11.5. The molecule has 0 amide bonds. The number of aryl methyl sites for hydroxylation is 3. The highest BCUT2D eigenvalue weighted by Gasteiger charge is 2.23. The van der Waals surface area contributed by atoms with Crippen LogP contribution in [0.3, 0.4) is 0 Å². The van der Waals surface area contributed by atoms with Crippen molar-refractivity contribution in [3.63, 3.8) is 0 Å². The number of pyridine rings is 1. The summed E-state index contributed by atoms with van der Waals surface area (Å²) in [6, 6.07) is 11.3. The smallest absolute Gasteiger partial charge is 0.0464 e. The second-order valence-corrected chi connectivity index (χ2v) is 9.05. The van der Waals surface area contributed by atoms with Gasteiger partial charge in [-0.25, -0.2) is 0 Å². The van der Waals surface area contributed by atoms with Crippen LogP contribution < -0.4 is 4.90 Å². The minimum Gasteiger partial charge on any atom is -0.369 e. The van der Waals surface area contributed by atoms with Gasteiger partial charge in [0.15, 0.2) is 0 Å². The predicted molar refractivity (Wildman–Crippen MR) is 120 cm³/mol. The van der Waals surface area contributed by atoms with Gasteiger partial charge in [-0.05, 0) is 55.4 Å². The van der Waals surface area contributed by atoms with Crippen LogP contribution in [0.25, 0.3) is 0 Å². The van der Waals surface area contributed by atoms with Gasteiger partial charge in [0.2, 0.25) is 0 Å². The number of rotatable bonds is 4. The van der Waals surface area contributed by atoms with Crippen LogP contribution in [0.2, 0.25) is 0 Å². The molecular formula is C25H34N4. The third kappa shape index (κ3) is 4.19. The van der Waals surface area contributed by atoms with Crippen LogP contribution in [0.1, 0.15) is 40.9 Å². The highest BCUT2D eigenvalue weighted by Crippen LogP contribution is 2.26. The van der Waals surface area contributed by atoms with Crippen molar-refractivity contribution in [2.24, 2.45) is 0 Å². The summed E-state index contributed by atoms with van der Waals surface area (Å²) in [4.78, 5) is 12.9. The summed E-state index contributed by atoms with van der Waals surface area (Å²) in [5.74, 6) is 0. The molecule has 0 radical (unpaired) electrons. The second-order valence-electron chi connectivity index (χ2n) is 9.05. The molecular weight excluding hydrogens is 356 g/mol. The van der Waals surface area contributed by atoms with E-state index in [0.29, 0.717) is 0 Å². The number of anilines is 1. The summed E-state index contributed by atoms with van der Waals surface area (Å²) in [6.07, 6.45) is 6.22. The number of hydrogen-bond acceptors (Lipinski definition) is 4. The normalized spacial score (nSPS) is 20.4. The Balaban J connectivity index is 1.13. The first kappa shape index (κ1) is 19.1. The van der Waals surface area contributed by atoms with Gasteiger partial charge in [0.25, 0.3) is 0 Å². The third-order valence-electron chi connectivity index (χ3n) is 7.09. The Morgan fingerprint density at radius 3 is 2.41 bits per heavy atom. The summed E-state index contributed by atoms with van der Waals surface area (Å²) >= 11 is 0. The molecule has 1 aromatic carbocycles. The van der Waals surface area contributed by atoms with Gasteiger partial charge in [-0.15, -0.1) is 0 Å². The number of hydrogen-bond donors (Lipinski definition) is 0. The molecule has 1 aromatic heterocycles. The zero-order valence-corrected chi connectivity index (χ0v) is 17.9. The molecule has 29 heavy (non-hydrogen) atoms. The highest BCUT2D eigenvalue weighted by atomic mass is 15.3. The monoisotopic (exact) mass is 390 g/mol. The van der Waals surface area contributed by atoms with E-state index in [9.17, 15) is 0 Å². The zero-order chi connectivity index (χ0) is 19.6. The molecule has 1 saturated heterocycles. The van der Waals surface area contributed by atoms with Gasteiger partial charge in [-0.1, -0.05) is 24.3 Å². The number of benzene rings is 1. The average Bonchev–Trinajstić information content (AvgIpc) is 2.77. The Kier molecular flexibility index (Phi) is 5.56. The van der Waals surface area contributed by atoms with E-state index in [1.165, 1.54) is 92.2 Å². The molecule has 4 nitrogen and oxygen atoms in total. The lowest BCUT2D eigenvalue weighted by atomic mass is 9.92. The first-order chi connectivity index (χ1) is 14.3. The standard InChI is InChI=1S/C25H34N4/c1-20-6-2-5-9-25(20)29-16-14-27(15-17-29)12-13-28-11-10-24-22(19-28)18-21-7-3-4-8-23(21)26-24/h2,5-6,9,18H,3-4,7-8,10-17,19H2,1H3. The predicted octanol–water partition coefficient (Wildman–Crippen LogP) is 3.45. The van der Waals surface area contributed by atoms with Crippen molar-refractivity contribution in [1.29, 1.82) is 0 Å². The quantitative estimate of drug-likeness (QED) is 0.797. The number of nitrogens with zero attached hydrogens (tertiary/aromatic N) is 4. The topological polar surface area (TPSA) is 22.6 Å². The minimum atomic E-state index is 1.10. The second kappa shape index (κ2) is 8.45. The lowest BCUT2D eigenvalue weighted by molar-refractivity contribution is 0.185. The Morgan fingerprint density at radius 1 is 0.793 bits per heavy atom. The first-order valence-corrected chi connectivity index (χ1v) is 11.5. The molecule has 4 heteroatoms. The van der Waals surface area contributed by atoms with Gasteiger partial charge >= 0.3 is 0 Å². The molecule has 0 N–H and O–H groups in total. The molecule has 0 unspecified atom stereocenters. The van der Waals surface area contributed by atoms with Gasteiger partial charge in [-0.3, -0.25) is 14.8 Å². The summed E-state index contributed by atoms with van der Waals surface area (Å²) in [7, 11) is 0. The zero-order valence-electron chi connectivity index (χ0n) is 17.9. The lowest BCUT2D eigenvalue weighted by Crippen LogP contribution is -2.49. The third-order valence-corrected chi connectivity index (χ3v) is 7.09. The van der Waals surface area contributed by atoms with Crippen molar-refractivity contribution >= 4 is 5.69 Å². The number of piperazine rings is 1. The van der Waals surface area contributed by atoms with Crippen LogP contribution >= 0.6 is 0 Å². The maximum absolute atomic E-state index is 5.04. The lowest BCUT2D eigenvalue weighted by Gasteiger charge is -2.38. The molecule has 0 bridgehead atoms. The van der Waals surface area contributed by atoms with Crippen molar-refractivity contribution in [3.8, 4) is 0 Å². The van der Waals surface area contributed by atoms with E-state index in [1.54, 1.807) is 0 Å². The SMILES string of the molecule is Cc1ccccc1N1CCN(CCN2CCc3nc4c(cc3C2)CCCC4)CC1. The maximum Gasteiger partial charge on any atom is 0.0464 e. The molecule has 0 spiro atoms. The van der Waals surface area contributed by atoms with E-state index >= 15 is 0 Å². The molecule has 1 aliphatic carbocycles. The summed E-state index contributed by atoms with van der Waals surface area (Å²) < 4.78 is 0. The van der Waals surface area contributed by atoms with E-state index in [1.807, 2.05) is 0 Å². The van der Waals surface area contributed by atoms with E-state index < -0.39 is 0 Å². The fourth-order valence-electron chi connectivity index (χ4n) is 5.27. The van der Waals surface area contributed by atoms with E-state index in [0.717, 1.165) is 26.1 Å². The molecule has 3 aliphatic rings. The molecule has 2 aromatic rings. The molecule has 0 atom stereocenters. The van der Waals surface area contributed by atoms with E-state index in [-0.39, 0.29) is 0 Å². The molecule has 2 aliphatic heterocycles. The summed E-state index contributed by atoms with van der Waals surface area (Å²) in [6.45, 7) is 11.5. The molecule has 1 fully saturated rings. The Labute approximate surface area is 175 Å². The van der Waals surface area contributed by atoms with Crippen LogP contribution in [-0.2, 0) is 25.8 Å².